The van der Waals surface area contributed by atoms with Crippen LogP contribution in [-0.2, 0) is 0 Å². The highest BCUT2D eigenvalue weighted by atomic mass is 16.3. The average molecular weight is 254 g/mol. The van der Waals surface area contributed by atoms with Crippen LogP contribution in [0.2, 0.25) is 0 Å². The second-order valence-corrected chi connectivity index (χ2v) is 4.33. The van der Waals surface area contributed by atoms with Crippen molar-refractivity contribution in [3.05, 3.63) is 33.1 Å². The highest BCUT2D eigenvalue weighted by Crippen LogP contribution is 2.00. The topological polar surface area (TPSA) is 81.6 Å². The van der Waals surface area contributed by atoms with Crippen LogP contribution in [0.1, 0.15) is 6.42 Å². The van der Waals surface area contributed by atoms with E-state index in [-0.39, 0.29) is 12.2 Å². The zero-order valence-corrected chi connectivity index (χ0v) is 10.2. The predicted octanol–water partition coefficient (Wildman–Crippen LogP) is -1.83. The van der Waals surface area contributed by atoms with Crippen LogP contribution in [0.5, 0.6) is 0 Å². The molecule has 0 spiro atoms. The van der Waals surface area contributed by atoms with Gasteiger partial charge in [-0.2, -0.15) is 0 Å². The van der Waals surface area contributed by atoms with Crippen LogP contribution in [0.3, 0.4) is 0 Å². The van der Waals surface area contributed by atoms with E-state index in [1.54, 1.807) is 0 Å². The number of rotatable bonds is 4. The SMILES string of the molecule is O=c1ccn(N2CCN(CCCO)CC2)c(=O)[nH]1. The van der Waals surface area contributed by atoms with Crippen molar-refractivity contribution in [3.8, 4) is 0 Å². The Morgan fingerprint density at radius 3 is 2.56 bits per heavy atom. The number of nitrogens with one attached hydrogen (secondary N) is 1. The highest BCUT2D eigenvalue weighted by molar-refractivity contribution is 4.95. The van der Waals surface area contributed by atoms with Gasteiger partial charge in [0.05, 0.1) is 0 Å². The van der Waals surface area contributed by atoms with Crippen molar-refractivity contribution in [2.75, 3.05) is 44.3 Å². The van der Waals surface area contributed by atoms with E-state index < -0.39 is 5.69 Å². The molecule has 0 atom stereocenters. The van der Waals surface area contributed by atoms with Gasteiger partial charge in [-0.1, -0.05) is 0 Å². The number of piperazine rings is 1. The summed E-state index contributed by atoms with van der Waals surface area (Å²) in [4.78, 5) is 27.1. The second kappa shape index (κ2) is 5.83. The molecule has 7 heteroatoms. The lowest BCUT2D eigenvalue weighted by Gasteiger charge is -2.36. The maximum absolute atomic E-state index is 11.6. The molecule has 2 rings (SSSR count). The number of nitrogens with zero attached hydrogens (tertiary/aromatic N) is 3. The molecule has 1 aromatic rings. The molecule has 0 aliphatic carbocycles. The molecule has 1 saturated heterocycles. The standard InChI is InChI=1S/C11H18N4O3/c16-9-1-3-13-5-7-14(8-6-13)15-4-2-10(17)12-11(15)18/h2,4,16H,1,3,5-9H2,(H,12,17,18). The Kier molecular flexibility index (Phi) is 4.16. The lowest BCUT2D eigenvalue weighted by molar-refractivity contribution is 0.205. The summed E-state index contributed by atoms with van der Waals surface area (Å²) in [6, 6.07) is 1.35. The van der Waals surface area contributed by atoms with E-state index in [9.17, 15) is 9.59 Å². The van der Waals surface area contributed by atoms with E-state index in [1.165, 1.54) is 16.9 Å². The molecular weight excluding hydrogens is 236 g/mol. The van der Waals surface area contributed by atoms with Crippen LogP contribution < -0.4 is 16.3 Å². The normalized spacial score (nSPS) is 17.1. The van der Waals surface area contributed by atoms with Crippen molar-refractivity contribution in [3.63, 3.8) is 0 Å². The minimum atomic E-state index is -0.397. The van der Waals surface area contributed by atoms with E-state index in [2.05, 4.69) is 9.88 Å². The van der Waals surface area contributed by atoms with Gasteiger partial charge in [0.1, 0.15) is 0 Å². The zero-order valence-electron chi connectivity index (χ0n) is 10.2. The van der Waals surface area contributed by atoms with Gasteiger partial charge in [0.25, 0.3) is 5.56 Å². The fraction of sp³-hybridized carbons (Fsp3) is 0.636. The molecule has 1 aliphatic heterocycles. The first-order chi connectivity index (χ1) is 8.70. The monoisotopic (exact) mass is 254 g/mol. The molecule has 0 radical (unpaired) electrons. The van der Waals surface area contributed by atoms with Gasteiger partial charge in [0, 0.05) is 51.6 Å². The fourth-order valence-corrected chi connectivity index (χ4v) is 2.10. The van der Waals surface area contributed by atoms with Crippen LogP contribution in [0.4, 0.5) is 0 Å². The molecule has 0 aromatic carbocycles. The first-order valence-corrected chi connectivity index (χ1v) is 6.11. The third-order valence-corrected chi connectivity index (χ3v) is 3.09. The maximum Gasteiger partial charge on any atom is 0.347 e. The number of aromatic amines is 1. The Morgan fingerprint density at radius 1 is 1.22 bits per heavy atom. The van der Waals surface area contributed by atoms with Crippen molar-refractivity contribution < 1.29 is 5.11 Å². The van der Waals surface area contributed by atoms with Crippen molar-refractivity contribution in [2.24, 2.45) is 0 Å². The molecular formula is C11H18N4O3. The van der Waals surface area contributed by atoms with Gasteiger partial charge in [-0.25, -0.2) is 9.47 Å². The summed E-state index contributed by atoms with van der Waals surface area (Å²) >= 11 is 0. The van der Waals surface area contributed by atoms with Gasteiger partial charge in [-0.05, 0) is 6.42 Å². The van der Waals surface area contributed by atoms with Crippen molar-refractivity contribution in [2.45, 2.75) is 6.42 Å². The Hall–Kier alpha value is -1.60. The van der Waals surface area contributed by atoms with Crippen LogP contribution >= 0.6 is 0 Å². The number of aromatic nitrogens is 2. The lowest BCUT2D eigenvalue weighted by atomic mass is 10.3. The third kappa shape index (κ3) is 2.99. The summed E-state index contributed by atoms with van der Waals surface area (Å²) in [5, 5.41) is 10.7. The highest BCUT2D eigenvalue weighted by Gasteiger charge is 2.17. The molecule has 2 heterocycles. The Balaban J connectivity index is 1.97. The summed E-state index contributed by atoms with van der Waals surface area (Å²) < 4.78 is 1.45. The molecule has 100 valence electrons. The van der Waals surface area contributed by atoms with Crippen LogP contribution in [0.25, 0.3) is 0 Å². The first-order valence-electron chi connectivity index (χ1n) is 6.11. The molecule has 18 heavy (non-hydrogen) atoms. The molecule has 0 unspecified atom stereocenters. The quantitative estimate of drug-likeness (QED) is 0.661. The summed E-state index contributed by atoms with van der Waals surface area (Å²) in [6.07, 6.45) is 2.28. The number of hydrogen-bond acceptors (Lipinski definition) is 5. The van der Waals surface area contributed by atoms with Gasteiger partial charge in [0.15, 0.2) is 0 Å². The van der Waals surface area contributed by atoms with Crippen LogP contribution in [0, 0.1) is 0 Å². The third-order valence-electron chi connectivity index (χ3n) is 3.09. The fourth-order valence-electron chi connectivity index (χ4n) is 2.10. The first kappa shape index (κ1) is 12.8. The zero-order chi connectivity index (χ0) is 13.0. The maximum atomic E-state index is 11.6. The number of aliphatic hydroxyl groups excluding tert-OH is 1. The van der Waals surface area contributed by atoms with Gasteiger partial charge in [-0.3, -0.25) is 14.7 Å². The summed E-state index contributed by atoms with van der Waals surface area (Å²) in [6.45, 7) is 4.26. The molecule has 1 fully saturated rings. The van der Waals surface area contributed by atoms with E-state index in [0.717, 1.165) is 39.1 Å². The van der Waals surface area contributed by atoms with Gasteiger partial charge < -0.3 is 10.1 Å². The van der Waals surface area contributed by atoms with E-state index in [4.69, 9.17) is 5.11 Å². The van der Waals surface area contributed by atoms with E-state index >= 15 is 0 Å². The van der Waals surface area contributed by atoms with Gasteiger partial charge in [-0.15, -0.1) is 0 Å². The molecule has 0 amide bonds. The number of hydrogen-bond donors (Lipinski definition) is 2. The summed E-state index contributed by atoms with van der Waals surface area (Å²) in [5.41, 5.74) is -0.774. The van der Waals surface area contributed by atoms with Gasteiger partial charge >= 0.3 is 5.69 Å². The van der Waals surface area contributed by atoms with E-state index in [0.29, 0.717) is 0 Å². The smallest absolute Gasteiger partial charge is 0.347 e. The largest absolute Gasteiger partial charge is 0.396 e. The lowest BCUT2D eigenvalue weighted by Crippen LogP contribution is -2.55. The predicted molar refractivity (Wildman–Crippen MR) is 67.4 cm³/mol. The molecule has 1 aliphatic rings. The van der Waals surface area contributed by atoms with Gasteiger partial charge in [0.2, 0.25) is 0 Å². The Bertz CT molecular complexity index is 488. The molecule has 2 N–H and O–H groups in total. The molecule has 1 aromatic heterocycles. The Labute approximate surface area is 104 Å². The molecule has 7 nitrogen and oxygen atoms in total. The van der Waals surface area contributed by atoms with Crippen LogP contribution in [-0.4, -0.2) is 59.0 Å². The Morgan fingerprint density at radius 2 is 1.94 bits per heavy atom. The van der Waals surface area contributed by atoms with Crippen molar-refractivity contribution in [1.82, 2.24) is 14.6 Å². The summed E-state index contributed by atoms with van der Waals surface area (Å²) in [5.74, 6) is 0. The molecule has 0 bridgehead atoms. The average Bonchev–Trinajstić information content (AvgIpc) is 2.37. The second-order valence-electron chi connectivity index (χ2n) is 4.33. The summed E-state index contributed by atoms with van der Waals surface area (Å²) in [7, 11) is 0. The van der Waals surface area contributed by atoms with Crippen LogP contribution in [0.15, 0.2) is 21.9 Å². The number of aliphatic hydroxyl groups is 1. The molecule has 0 saturated carbocycles. The van der Waals surface area contributed by atoms with Crippen molar-refractivity contribution >= 4 is 0 Å². The number of H-pyrrole nitrogens is 1. The minimum Gasteiger partial charge on any atom is -0.396 e. The minimum absolute atomic E-state index is 0.208. The van der Waals surface area contributed by atoms with E-state index in [1.807, 2.05) is 5.01 Å². The van der Waals surface area contributed by atoms with Crippen molar-refractivity contribution in [1.29, 1.82) is 0 Å².